The lowest BCUT2D eigenvalue weighted by atomic mass is 10.3. The van der Waals surface area contributed by atoms with Gasteiger partial charge in [-0.3, -0.25) is 9.78 Å². The number of anilines is 1. The van der Waals surface area contributed by atoms with Crippen LogP contribution in [0.1, 0.15) is 19.3 Å². The van der Waals surface area contributed by atoms with Gasteiger partial charge in [0.2, 0.25) is 5.91 Å². The Balaban J connectivity index is 1.51. The predicted molar refractivity (Wildman–Crippen MR) is 78.5 cm³/mol. The molecule has 1 aromatic heterocycles. The Bertz CT molecular complexity index is 614. The number of hydrogen-bond donors (Lipinski definition) is 1. The van der Waals surface area contributed by atoms with E-state index in [4.69, 9.17) is 0 Å². The summed E-state index contributed by atoms with van der Waals surface area (Å²) in [6.07, 6.45) is 4.40. The van der Waals surface area contributed by atoms with Crippen LogP contribution in [0.5, 0.6) is 0 Å². The van der Waals surface area contributed by atoms with Gasteiger partial charge in [0.1, 0.15) is 5.82 Å². The second-order valence-electron chi connectivity index (χ2n) is 5.01. The van der Waals surface area contributed by atoms with Crippen LogP contribution >= 0.6 is 0 Å². The third-order valence-corrected chi connectivity index (χ3v) is 3.53. The molecule has 0 aliphatic carbocycles. The fraction of sp³-hybridized carbons (Fsp3) is 0.400. The molecule has 1 N–H and O–H groups in total. The number of para-hydroxylation sites is 2. The van der Waals surface area contributed by atoms with Gasteiger partial charge < -0.3 is 10.2 Å². The van der Waals surface area contributed by atoms with Crippen LogP contribution in [0.2, 0.25) is 0 Å². The lowest BCUT2D eigenvalue weighted by Crippen LogP contribution is -2.27. The molecular weight excluding hydrogens is 252 g/mol. The molecule has 0 unspecified atom stereocenters. The summed E-state index contributed by atoms with van der Waals surface area (Å²) in [5.74, 6) is 1.08. The number of likely N-dealkylation sites (tertiary alicyclic amines) is 1. The predicted octanol–water partition coefficient (Wildman–Crippen LogP) is 2.05. The zero-order valence-corrected chi connectivity index (χ0v) is 11.4. The molecule has 1 fully saturated rings. The summed E-state index contributed by atoms with van der Waals surface area (Å²) in [6, 6.07) is 7.82. The molecule has 1 aliphatic heterocycles. The summed E-state index contributed by atoms with van der Waals surface area (Å²) < 4.78 is 0. The number of nitrogens with zero attached hydrogens (tertiary/aromatic N) is 3. The Morgan fingerprint density at radius 2 is 2.10 bits per heavy atom. The van der Waals surface area contributed by atoms with Crippen molar-refractivity contribution in [1.82, 2.24) is 14.9 Å². The monoisotopic (exact) mass is 270 g/mol. The van der Waals surface area contributed by atoms with Crippen molar-refractivity contribution in [3.8, 4) is 0 Å². The average Bonchev–Trinajstić information content (AvgIpc) is 2.89. The maximum absolute atomic E-state index is 11.5. The van der Waals surface area contributed by atoms with Gasteiger partial charge in [-0.25, -0.2) is 4.98 Å². The summed E-state index contributed by atoms with van der Waals surface area (Å²) in [4.78, 5) is 22.3. The molecule has 0 saturated carbocycles. The Morgan fingerprint density at radius 1 is 1.25 bits per heavy atom. The zero-order chi connectivity index (χ0) is 13.8. The fourth-order valence-corrected chi connectivity index (χ4v) is 2.47. The molecular formula is C15H18N4O. The number of nitrogens with one attached hydrogen (secondary N) is 1. The van der Waals surface area contributed by atoms with E-state index in [1.807, 2.05) is 29.2 Å². The Morgan fingerprint density at radius 3 is 2.90 bits per heavy atom. The van der Waals surface area contributed by atoms with Crippen molar-refractivity contribution in [2.75, 3.05) is 25.0 Å². The number of benzene rings is 1. The van der Waals surface area contributed by atoms with Gasteiger partial charge >= 0.3 is 0 Å². The highest BCUT2D eigenvalue weighted by atomic mass is 16.2. The minimum atomic E-state index is 0.287. The molecule has 2 aromatic rings. The minimum absolute atomic E-state index is 0.287. The van der Waals surface area contributed by atoms with Crippen molar-refractivity contribution < 1.29 is 4.79 Å². The summed E-state index contributed by atoms with van der Waals surface area (Å²) in [6.45, 7) is 2.54. The Kier molecular flexibility index (Phi) is 3.76. The van der Waals surface area contributed by atoms with E-state index in [0.29, 0.717) is 6.42 Å². The SMILES string of the molecule is O=C1CCCN1CCCNc1cnc2ccccc2n1. The van der Waals surface area contributed by atoms with E-state index in [9.17, 15) is 4.79 Å². The molecule has 2 heterocycles. The molecule has 1 aliphatic rings. The average molecular weight is 270 g/mol. The van der Waals surface area contributed by atoms with E-state index in [1.54, 1.807) is 6.20 Å². The molecule has 3 rings (SSSR count). The Labute approximate surface area is 118 Å². The molecule has 0 atom stereocenters. The number of carbonyl (C=O) groups excluding carboxylic acids is 1. The van der Waals surface area contributed by atoms with Gasteiger partial charge in [-0.2, -0.15) is 0 Å². The van der Waals surface area contributed by atoms with Gasteiger partial charge in [-0.1, -0.05) is 12.1 Å². The van der Waals surface area contributed by atoms with Gasteiger partial charge in [-0.05, 0) is 25.0 Å². The van der Waals surface area contributed by atoms with Crippen molar-refractivity contribution in [1.29, 1.82) is 0 Å². The Hall–Kier alpha value is -2.17. The third-order valence-electron chi connectivity index (χ3n) is 3.53. The van der Waals surface area contributed by atoms with E-state index < -0.39 is 0 Å². The van der Waals surface area contributed by atoms with Gasteiger partial charge in [0, 0.05) is 26.1 Å². The van der Waals surface area contributed by atoms with E-state index in [0.717, 1.165) is 49.3 Å². The summed E-state index contributed by atoms with van der Waals surface area (Å²) in [7, 11) is 0. The van der Waals surface area contributed by atoms with Gasteiger partial charge in [0.15, 0.2) is 0 Å². The lowest BCUT2D eigenvalue weighted by molar-refractivity contribution is -0.127. The molecule has 104 valence electrons. The van der Waals surface area contributed by atoms with Crippen LogP contribution < -0.4 is 5.32 Å². The first-order chi connectivity index (χ1) is 9.83. The molecule has 0 bridgehead atoms. The van der Waals surface area contributed by atoms with E-state index in [2.05, 4.69) is 15.3 Å². The van der Waals surface area contributed by atoms with Crippen molar-refractivity contribution in [3.63, 3.8) is 0 Å². The van der Waals surface area contributed by atoms with Crippen LogP contribution in [0.15, 0.2) is 30.5 Å². The second kappa shape index (κ2) is 5.86. The smallest absolute Gasteiger partial charge is 0.222 e. The van der Waals surface area contributed by atoms with E-state index in [1.165, 1.54) is 0 Å². The van der Waals surface area contributed by atoms with Crippen LogP contribution in [0, 0.1) is 0 Å². The summed E-state index contributed by atoms with van der Waals surface area (Å²) >= 11 is 0. The molecule has 20 heavy (non-hydrogen) atoms. The molecule has 1 saturated heterocycles. The number of rotatable bonds is 5. The lowest BCUT2D eigenvalue weighted by Gasteiger charge is -2.15. The van der Waals surface area contributed by atoms with Crippen molar-refractivity contribution >= 4 is 22.8 Å². The largest absolute Gasteiger partial charge is 0.369 e. The number of amides is 1. The summed E-state index contributed by atoms with van der Waals surface area (Å²) in [5, 5.41) is 3.26. The topological polar surface area (TPSA) is 58.1 Å². The molecule has 5 nitrogen and oxygen atoms in total. The molecule has 1 amide bonds. The molecule has 1 aromatic carbocycles. The van der Waals surface area contributed by atoms with E-state index in [-0.39, 0.29) is 5.91 Å². The quantitative estimate of drug-likeness (QED) is 0.845. The first kappa shape index (κ1) is 12.8. The highest BCUT2D eigenvalue weighted by Gasteiger charge is 2.18. The highest BCUT2D eigenvalue weighted by molar-refractivity contribution is 5.78. The first-order valence-corrected chi connectivity index (χ1v) is 7.06. The number of fused-ring (bicyclic) bond motifs is 1. The minimum Gasteiger partial charge on any atom is -0.369 e. The fourth-order valence-electron chi connectivity index (χ4n) is 2.47. The first-order valence-electron chi connectivity index (χ1n) is 7.06. The molecule has 5 heteroatoms. The van der Waals surface area contributed by atoms with Crippen molar-refractivity contribution in [3.05, 3.63) is 30.5 Å². The maximum Gasteiger partial charge on any atom is 0.222 e. The zero-order valence-electron chi connectivity index (χ0n) is 11.4. The third kappa shape index (κ3) is 2.87. The van der Waals surface area contributed by atoms with Crippen LogP contribution in [0.4, 0.5) is 5.82 Å². The highest BCUT2D eigenvalue weighted by Crippen LogP contribution is 2.12. The molecule has 0 spiro atoms. The van der Waals surface area contributed by atoms with Crippen molar-refractivity contribution in [2.24, 2.45) is 0 Å². The van der Waals surface area contributed by atoms with Crippen LogP contribution in [0.25, 0.3) is 11.0 Å². The second-order valence-corrected chi connectivity index (χ2v) is 5.01. The van der Waals surface area contributed by atoms with Crippen LogP contribution in [-0.2, 0) is 4.79 Å². The van der Waals surface area contributed by atoms with Crippen LogP contribution in [0.3, 0.4) is 0 Å². The number of aromatic nitrogens is 2. The maximum atomic E-state index is 11.5. The van der Waals surface area contributed by atoms with Crippen molar-refractivity contribution in [2.45, 2.75) is 19.3 Å². The summed E-state index contributed by atoms with van der Waals surface area (Å²) in [5.41, 5.74) is 1.80. The standard InChI is InChI=1S/C15H18N4O/c20-15-7-3-9-19(15)10-4-8-16-14-11-17-12-5-1-2-6-13(12)18-14/h1-2,5-6,11H,3-4,7-10H2,(H,16,18). The van der Waals surface area contributed by atoms with Crippen LogP contribution in [-0.4, -0.2) is 40.4 Å². The normalized spacial score (nSPS) is 15.0. The van der Waals surface area contributed by atoms with Gasteiger partial charge in [0.05, 0.1) is 17.2 Å². The van der Waals surface area contributed by atoms with Gasteiger partial charge in [0.25, 0.3) is 0 Å². The number of hydrogen-bond acceptors (Lipinski definition) is 4. The number of carbonyl (C=O) groups is 1. The van der Waals surface area contributed by atoms with E-state index >= 15 is 0 Å². The molecule has 0 radical (unpaired) electrons. The van der Waals surface area contributed by atoms with Gasteiger partial charge in [-0.15, -0.1) is 0 Å².